The fourth-order valence-electron chi connectivity index (χ4n) is 4.44. The van der Waals surface area contributed by atoms with Gasteiger partial charge in [0.2, 0.25) is 6.10 Å². The van der Waals surface area contributed by atoms with Crippen LogP contribution in [0.2, 0.25) is 0 Å². The monoisotopic (exact) mass is 414 g/mol. The normalized spacial score (nSPS) is 23.9. The molecule has 3 atom stereocenters. The first-order valence-electron chi connectivity index (χ1n) is 10.5. The molecular formula is C24H31ClN2O2. The Labute approximate surface area is 179 Å². The van der Waals surface area contributed by atoms with Crippen LogP contribution in [0.5, 0.6) is 5.75 Å². The van der Waals surface area contributed by atoms with Crippen molar-refractivity contribution in [1.29, 1.82) is 0 Å². The van der Waals surface area contributed by atoms with Gasteiger partial charge in [-0.2, -0.15) is 0 Å². The average Bonchev–Trinajstić information content (AvgIpc) is 3.05. The molecule has 29 heavy (non-hydrogen) atoms. The Hall–Kier alpha value is -2.04. The van der Waals surface area contributed by atoms with Crippen molar-refractivity contribution in [1.82, 2.24) is 10.6 Å². The largest absolute Gasteiger partial charge is 0.476 e. The van der Waals surface area contributed by atoms with Crippen molar-refractivity contribution in [3.05, 3.63) is 65.7 Å². The molecule has 2 saturated heterocycles. The summed E-state index contributed by atoms with van der Waals surface area (Å²) in [6.07, 6.45) is 3.81. The minimum atomic E-state index is -0.642. The standard InChI is InChI=1S/C24H30N2O2.ClH/c1-16(2)18-9-6-10-22(13-18)28-23(17-7-4-3-5-8-17)24(27)26-21-14-19-11-12-20(15-21)25-19;/h3-10,13,16,19-21,23,25H,11-12,14-15H2,1-2H3,(H,26,27);1H. The van der Waals surface area contributed by atoms with Crippen LogP contribution in [0, 0.1) is 0 Å². The minimum absolute atomic E-state index is 0. The van der Waals surface area contributed by atoms with Crippen LogP contribution < -0.4 is 15.4 Å². The molecule has 156 valence electrons. The molecule has 4 rings (SSSR count). The van der Waals surface area contributed by atoms with E-state index in [0.29, 0.717) is 18.0 Å². The topological polar surface area (TPSA) is 50.4 Å². The molecule has 2 aromatic rings. The summed E-state index contributed by atoms with van der Waals surface area (Å²) in [5.74, 6) is 1.10. The summed E-state index contributed by atoms with van der Waals surface area (Å²) in [5.41, 5.74) is 2.09. The predicted octanol–water partition coefficient (Wildman–Crippen LogP) is 4.75. The number of halogens is 1. The third-order valence-electron chi connectivity index (χ3n) is 5.94. The second-order valence-corrected chi connectivity index (χ2v) is 8.45. The van der Waals surface area contributed by atoms with Crippen molar-refractivity contribution in [3.63, 3.8) is 0 Å². The highest BCUT2D eigenvalue weighted by Crippen LogP contribution is 2.29. The van der Waals surface area contributed by atoms with Gasteiger partial charge < -0.3 is 15.4 Å². The van der Waals surface area contributed by atoms with Crippen LogP contribution in [-0.2, 0) is 4.79 Å². The Morgan fingerprint density at radius 3 is 2.31 bits per heavy atom. The molecule has 3 unspecified atom stereocenters. The third-order valence-corrected chi connectivity index (χ3v) is 5.94. The summed E-state index contributed by atoms with van der Waals surface area (Å²) in [5, 5.41) is 6.90. The maximum Gasteiger partial charge on any atom is 0.266 e. The van der Waals surface area contributed by atoms with Crippen molar-refractivity contribution < 1.29 is 9.53 Å². The lowest BCUT2D eigenvalue weighted by Crippen LogP contribution is -2.49. The summed E-state index contributed by atoms with van der Waals surface area (Å²) >= 11 is 0. The van der Waals surface area contributed by atoms with Gasteiger partial charge in [0.25, 0.3) is 5.91 Å². The van der Waals surface area contributed by atoms with Gasteiger partial charge in [-0.05, 0) is 49.3 Å². The van der Waals surface area contributed by atoms with E-state index in [2.05, 4.69) is 30.5 Å². The molecule has 5 heteroatoms. The number of carbonyl (C=O) groups is 1. The van der Waals surface area contributed by atoms with Gasteiger partial charge in [-0.1, -0.05) is 56.3 Å². The Balaban J connectivity index is 0.00000240. The molecule has 0 aromatic heterocycles. The maximum absolute atomic E-state index is 13.2. The van der Waals surface area contributed by atoms with Crippen molar-refractivity contribution in [2.24, 2.45) is 0 Å². The zero-order chi connectivity index (χ0) is 19.5. The van der Waals surface area contributed by atoms with Gasteiger partial charge >= 0.3 is 0 Å². The van der Waals surface area contributed by atoms with E-state index in [1.54, 1.807) is 0 Å². The molecule has 2 aliphatic rings. The number of amides is 1. The van der Waals surface area contributed by atoms with Gasteiger partial charge in [0.15, 0.2) is 0 Å². The molecule has 0 radical (unpaired) electrons. The van der Waals surface area contributed by atoms with Gasteiger partial charge in [0.05, 0.1) is 0 Å². The molecule has 0 aliphatic carbocycles. The number of piperidine rings is 1. The highest BCUT2D eigenvalue weighted by molar-refractivity contribution is 5.85. The van der Waals surface area contributed by atoms with Crippen molar-refractivity contribution in [3.8, 4) is 5.75 Å². The third kappa shape index (κ3) is 5.31. The van der Waals surface area contributed by atoms with Gasteiger partial charge in [0, 0.05) is 23.7 Å². The van der Waals surface area contributed by atoms with E-state index in [9.17, 15) is 4.79 Å². The first kappa shape index (κ1) is 21.7. The molecular weight excluding hydrogens is 384 g/mol. The summed E-state index contributed by atoms with van der Waals surface area (Å²) in [7, 11) is 0. The Morgan fingerprint density at radius 1 is 1.00 bits per heavy atom. The van der Waals surface area contributed by atoms with Crippen molar-refractivity contribution in [2.45, 2.75) is 69.7 Å². The fourth-order valence-corrected chi connectivity index (χ4v) is 4.44. The molecule has 1 amide bonds. The van der Waals surface area contributed by atoms with Crippen molar-refractivity contribution in [2.75, 3.05) is 0 Å². The molecule has 2 fully saturated rings. The van der Waals surface area contributed by atoms with Crippen LogP contribution in [-0.4, -0.2) is 24.0 Å². The zero-order valence-corrected chi connectivity index (χ0v) is 18.0. The average molecular weight is 415 g/mol. The van der Waals surface area contributed by atoms with E-state index in [0.717, 1.165) is 24.2 Å². The number of carbonyl (C=O) groups excluding carboxylic acids is 1. The van der Waals surface area contributed by atoms with Gasteiger partial charge in [-0.25, -0.2) is 0 Å². The lowest BCUT2D eigenvalue weighted by atomic mass is 9.99. The summed E-state index contributed by atoms with van der Waals surface area (Å²) in [6.45, 7) is 4.32. The van der Waals surface area contributed by atoms with Gasteiger partial charge in [-0.15, -0.1) is 12.4 Å². The van der Waals surface area contributed by atoms with Crippen LogP contribution in [0.4, 0.5) is 0 Å². The number of fused-ring (bicyclic) bond motifs is 2. The first-order valence-corrected chi connectivity index (χ1v) is 10.5. The molecule has 2 heterocycles. The van der Waals surface area contributed by atoms with Gasteiger partial charge in [-0.3, -0.25) is 4.79 Å². The van der Waals surface area contributed by atoms with Crippen LogP contribution >= 0.6 is 12.4 Å². The van der Waals surface area contributed by atoms with Crippen LogP contribution in [0.25, 0.3) is 0 Å². The molecule has 2 aromatic carbocycles. The molecule has 2 N–H and O–H groups in total. The highest BCUT2D eigenvalue weighted by Gasteiger charge is 2.35. The quantitative estimate of drug-likeness (QED) is 0.717. The van der Waals surface area contributed by atoms with Crippen LogP contribution in [0.1, 0.15) is 62.7 Å². The van der Waals surface area contributed by atoms with E-state index >= 15 is 0 Å². The van der Waals surface area contributed by atoms with E-state index in [1.807, 2.05) is 48.5 Å². The number of benzene rings is 2. The number of hydrogen-bond donors (Lipinski definition) is 2. The number of rotatable bonds is 6. The second-order valence-electron chi connectivity index (χ2n) is 8.45. The summed E-state index contributed by atoms with van der Waals surface area (Å²) in [4.78, 5) is 13.2. The molecule has 2 bridgehead atoms. The lowest BCUT2D eigenvalue weighted by Gasteiger charge is -2.31. The Bertz CT molecular complexity index is 800. The molecule has 0 saturated carbocycles. The summed E-state index contributed by atoms with van der Waals surface area (Å²) in [6, 6.07) is 19.2. The Morgan fingerprint density at radius 2 is 1.66 bits per heavy atom. The number of ether oxygens (including phenoxy) is 1. The zero-order valence-electron chi connectivity index (χ0n) is 17.1. The van der Waals surface area contributed by atoms with E-state index in [1.165, 1.54) is 18.4 Å². The highest BCUT2D eigenvalue weighted by atomic mass is 35.5. The fraction of sp³-hybridized carbons (Fsp3) is 0.458. The minimum Gasteiger partial charge on any atom is -0.476 e. The smallest absolute Gasteiger partial charge is 0.266 e. The van der Waals surface area contributed by atoms with E-state index in [-0.39, 0.29) is 24.4 Å². The van der Waals surface area contributed by atoms with Crippen LogP contribution in [0.15, 0.2) is 54.6 Å². The molecule has 0 spiro atoms. The molecule has 4 nitrogen and oxygen atoms in total. The van der Waals surface area contributed by atoms with Crippen molar-refractivity contribution >= 4 is 18.3 Å². The number of hydrogen-bond acceptors (Lipinski definition) is 3. The summed E-state index contributed by atoms with van der Waals surface area (Å²) < 4.78 is 6.24. The van der Waals surface area contributed by atoms with E-state index < -0.39 is 6.10 Å². The second kappa shape index (κ2) is 9.64. The SMILES string of the molecule is CC(C)c1cccc(OC(C(=O)NC2CC3CCC(C2)N3)c2ccccc2)c1.Cl. The maximum atomic E-state index is 13.2. The van der Waals surface area contributed by atoms with Crippen LogP contribution in [0.3, 0.4) is 0 Å². The number of nitrogens with one attached hydrogen (secondary N) is 2. The van der Waals surface area contributed by atoms with E-state index in [4.69, 9.17) is 4.74 Å². The molecule has 2 aliphatic heterocycles. The first-order chi connectivity index (χ1) is 13.6. The predicted molar refractivity (Wildman–Crippen MR) is 119 cm³/mol. The Kier molecular flexibility index (Phi) is 7.20. The van der Waals surface area contributed by atoms with Gasteiger partial charge in [0.1, 0.15) is 5.75 Å². The lowest BCUT2D eigenvalue weighted by molar-refractivity contribution is -0.129.